The van der Waals surface area contributed by atoms with Gasteiger partial charge in [-0.25, -0.2) is 4.98 Å². The number of aromatic amines is 1. The first kappa shape index (κ1) is 17.2. The number of nitrogens with zero attached hydrogens (tertiary/aromatic N) is 1. The van der Waals surface area contributed by atoms with Crippen LogP contribution in [0.1, 0.15) is 0 Å². The van der Waals surface area contributed by atoms with E-state index in [-0.39, 0.29) is 4.90 Å². The highest BCUT2D eigenvalue weighted by Crippen LogP contribution is 2.33. The Hall–Kier alpha value is -3.22. The molecule has 0 aliphatic rings. The third-order valence-electron chi connectivity index (χ3n) is 4.24. The second-order valence-corrected chi connectivity index (χ2v) is 7.46. The topological polar surface area (TPSA) is 83.1 Å². The number of hydrogen-bond acceptors (Lipinski definition) is 3. The lowest BCUT2D eigenvalue weighted by Crippen LogP contribution is -1.97. The lowest BCUT2D eigenvalue weighted by molar-refractivity contribution is 0.483. The summed E-state index contributed by atoms with van der Waals surface area (Å²) in [4.78, 5) is 7.95. The fourth-order valence-corrected chi connectivity index (χ4v) is 3.39. The van der Waals surface area contributed by atoms with Crippen molar-refractivity contribution < 1.29 is 13.0 Å². The Bertz CT molecular complexity index is 1110. The molecule has 1 aromatic heterocycles. The summed E-state index contributed by atoms with van der Waals surface area (Å²) in [5, 5.41) is 0. The molecule has 0 radical (unpaired) electrons. The van der Waals surface area contributed by atoms with Crippen LogP contribution in [-0.4, -0.2) is 22.9 Å². The number of nitrogens with one attached hydrogen (secondary N) is 1. The zero-order valence-corrected chi connectivity index (χ0v) is 15.0. The van der Waals surface area contributed by atoms with Crippen LogP contribution in [0.15, 0.2) is 89.8 Å². The summed E-state index contributed by atoms with van der Waals surface area (Å²) in [6.07, 6.45) is 0. The molecule has 0 atom stereocenters. The molecule has 0 fully saturated rings. The van der Waals surface area contributed by atoms with E-state index in [1.165, 1.54) is 12.1 Å². The molecule has 1 heterocycles. The van der Waals surface area contributed by atoms with Crippen LogP contribution in [0.4, 0.5) is 0 Å². The maximum Gasteiger partial charge on any atom is 0.294 e. The van der Waals surface area contributed by atoms with Gasteiger partial charge in [-0.1, -0.05) is 60.7 Å². The van der Waals surface area contributed by atoms with Crippen molar-refractivity contribution in [1.82, 2.24) is 9.97 Å². The first-order valence-corrected chi connectivity index (χ1v) is 9.75. The van der Waals surface area contributed by atoms with E-state index in [9.17, 15) is 8.42 Å². The van der Waals surface area contributed by atoms with Gasteiger partial charge in [0, 0.05) is 16.7 Å². The lowest BCUT2D eigenvalue weighted by atomic mass is 10.1. The number of H-pyrrole nitrogens is 1. The number of hydrogen-bond donors (Lipinski definition) is 2. The van der Waals surface area contributed by atoms with Gasteiger partial charge in [0.15, 0.2) is 0 Å². The van der Waals surface area contributed by atoms with Gasteiger partial charge in [0.25, 0.3) is 10.1 Å². The Morgan fingerprint density at radius 3 is 1.81 bits per heavy atom. The summed E-state index contributed by atoms with van der Waals surface area (Å²) in [5.41, 5.74) is 4.41. The number of benzene rings is 3. The van der Waals surface area contributed by atoms with Gasteiger partial charge >= 0.3 is 0 Å². The molecule has 4 aromatic rings. The van der Waals surface area contributed by atoms with E-state index < -0.39 is 10.1 Å². The minimum atomic E-state index is -4.22. The second kappa shape index (κ2) is 6.83. The molecule has 0 saturated heterocycles. The van der Waals surface area contributed by atoms with Crippen molar-refractivity contribution in [2.24, 2.45) is 0 Å². The molecular weight excluding hydrogens is 360 g/mol. The van der Waals surface area contributed by atoms with E-state index in [4.69, 9.17) is 9.54 Å². The third-order valence-corrected chi connectivity index (χ3v) is 5.11. The maximum atomic E-state index is 11.2. The van der Waals surface area contributed by atoms with Gasteiger partial charge in [0.2, 0.25) is 0 Å². The summed E-state index contributed by atoms with van der Waals surface area (Å²) < 4.78 is 31.6. The van der Waals surface area contributed by atoms with Gasteiger partial charge in [-0.05, 0) is 24.3 Å². The largest absolute Gasteiger partial charge is 0.337 e. The van der Waals surface area contributed by atoms with Crippen LogP contribution in [0, 0.1) is 0 Å². The molecule has 0 unspecified atom stereocenters. The fourth-order valence-electron chi connectivity index (χ4n) is 2.91. The molecule has 6 heteroatoms. The fraction of sp³-hybridized carbons (Fsp3) is 0. The van der Waals surface area contributed by atoms with Gasteiger partial charge in [0.05, 0.1) is 16.3 Å². The molecular formula is C21H16N2O3S. The van der Waals surface area contributed by atoms with Crippen LogP contribution in [0.25, 0.3) is 33.9 Å². The lowest BCUT2D eigenvalue weighted by Gasteiger charge is -2.02. The SMILES string of the molecule is O=S(=O)(O)c1ccc(-c2nc(-c3ccccc3)c(-c3ccccc3)[nH]2)cc1. The molecule has 2 N–H and O–H groups in total. The Kier molecular flexibility index (Phi) is 4.35. The van der Waals surface area contributed by atoms with Gasteiger partial charge in [-0.15, -0.1) is 0 Å². The number of rotatable bonds is 4. The molecule has 0 spiro atoms. The van der Waals surface area contributed by atoms with Gasteiger partial charge in [-0.3, -0.25) is 4.55 Å². The highest BCUT2D eigenvalue weighted by molar-refractivity contribution is 7.85. The summed E-state index contributed by atoms with van der Waals surface area (Å²) in [5.74, 6) is 0.620. The predicted octanol–water partition coefficient (Wildman–Crippen LogP) is 4.66. The van der Waals surface area contributed by atoms with Crippen LogP contribution >= 0.6 is 0 Å². The Morgan fingerprint density at radius 2 is 1.26 bits per heavy atom. The van der Waals surface area contributed by atoms with Gasteiger partial charge < -0.3 is 4.98 Å². The van der Waals surface area contributed by atoms with E-state index >= 15 is 0 Å². The molecule has 3 aromatic carbocycles. The summed E-state index contributed by atoms with van der Waals surface area (Å²) in [7, 11) is -4.22. The van der Waals surface area contributed by atoms with Crippen LogP contribution in [0.5, 0.6) is 0 Å². The van der Waals surface area contributed by atoms with Crippen molar-refractivity contribution in [2.75, 3.05) is 0 Å². The average molecular weight is 376 g/mol. The minimum absolute atomic E-state index is 0.149. The van der Waals surface area contributed by atoms with Crippen molar-refractivity contribution in [3.8, 4) is 33.9 Å². The molecule has 0 saturated carbocycles. The van der Waals surface area contributed by atoms with E-state index in [0.29, 0.717) is 5.82 Å². The number of aromatic nitrogens is 2. The smallest absolute Gasteiger partial charge is 0.294 e. The normalized spacial score (nSPS) is 11.4. The van der Waals surface area contributed by atoms with Gasteiger partial charge in [0.1, 0.15) is 5.82 Å². The zero-order valence-electron chi connectivity index (χ0n) is 14.2. The van der Waals surface area contributed by atoms with Gasteiger partial charge in [-0.2, -0.15) is 8.42 Å². The average Bonchev–Trinajstić information content (AvgIpc) is 3.14. The Labute approximate surface area is 157 Å². The van der Waals surface area contributed by atoms with Crippen LogP contribution in [-0.2, 0) is 10.1 Å². The van der Waals surface area contributed by atoms with Crippen LogP contribution in [0.3, 0.4) is 0 Å². The second-order valence-electron chi connectivity index (χ2n) is 6.04. The van der Waals surface area contributed by atoms with E-state index in [2.05, 4.69) is 4.98 Å². The molecule has 0 aliphatic heterocycles. The highest BCUT2D eigenvalue weighted by Gasteiger charge is 2.16. The van der Waals surface area contributed by atoms with Crippen molar-refractivity contribution in [3.05, 3.63) is 84.9 Å². The quantitative estimate of drug-likeness (QED) is 0.508. The molecule has 0 amide bonds. The standard InChI is InChI=1S/C21H16N2O3S/c24-27(25,26)18-13-11-17(12-14-18)21-22-19(15-7-3-1-4-8-15)20(23-21)16-9-5-2-6-10-16/h1-14H,(H,22,23)(H,24,25,26). The maximum absolute atomic E-state index is 11.2. The summed E-state index contributed by atoms with van der Waals surface area (Å²) >= 11 is 0. The highest BCUT2D eigenvalue weighted by atomic mass is 32.2. The van der Waals surface area contributed by atoms with Crippen molar-refractivity contribution in [3.63, 3.8) is 0 Å². The molecule has 4 rings (SSSR count). The third kappa shape index (κ3) is 3.53. The predicted molar refractivity (Wildman–Crippen MR) is 105 cm³/mol. The Balaban J connectivity index is 1.85. The van der Waals surface area contributed by atoms with E-state index in [1.54, 1.807) is 12.1 Å². The van der Waals surface area contributed by atoms with Crippen LogP contribution in [0.2, 0.25) is 0 Å². The van der Waals surface area contributed by atoms with Crippen molar-refractivity contribution >= 4 is 10.1 Å². The molecule has 0 aliphatic carbocycles. The monoisotopic (exact) mass is 376 g/mol. The van der Waals surface area contributed by atoms with Crippen LogP contribution < -0.4 is 0 Å². The van der Waals surface area contributed by atoms with E-state index in [1.807, 2.05) is 60.7 Å². The summed E-state index contributed by atoms with van der Waals surface area (Å²) in [6, 6.07) is 25.7. The summed E-state index contributed by atoms with van der Waals surface area (Å²) in [6.45, 7) is 0. The van der Waals surface area contributed by atoms with Crippen molar-refractivity contribution in [2.45, 2.75) is 4.90 Å². The number of imidazole rings is 1. The molecule has 27 heavy (non-hydrogen) atoms. The molecule has 134 valence electrons. The first-order valence-electron chi connectivity index (χ1n) is 8.31. The zero-order chi connectivity index (χ0) is 18.9. The molecule has 0 bridgehead atoms. The first-order chi connectivity index (χ1) is 13.0. The minimum Gasteiger partial charge on any atom is -0.337 e. The van der Waals surface area contributed by atoms with E-state index in [0.717, 1.165) is 28.1 Å². The molecule has 5 nitrogen and oxygen atoms in total. The van der Waals surface area contributed by atoms with Crippen molar-refractivity contribution in [1.29, 1.82) is 0 Å². The Morgan fingerprint density at radius 1 is 0.704 bits per heavy atom.